The van der Waals surface area contributed by atoms with Crippen molar-refractivity contribution in [2.24, 2.45) is 17.4 Å². The molecule has 0 radical (unpaired) electrons. The normalized spacial score (nSPS) is 18.1. The van der Waals surface area contributed by atoms with Crippen molar-refractivity contribution in [3.05, 3.63) is 0 Å². The van der Waals surface area contributed by atoms with Crippen LogP contribution in [0.5, 0.6) is 0 Å². The molecule has 0 aromatic rings. The van der Waals surface area contributed by atoms with Gasteiger partial charge in [-0.1, -0.05) is 13.8 Å². The van der Waals surface area contributed by atoms with E-state index in [1.165, 1.54) is 4.90 Å². The van der Waals surface area contributed by atoms with Gasteiger partial charge in [-0.3, -0.25) is 24.0 Å². The molecule has 192 valence electrons. The third kappa shape index (κ3) is 9.33. The molecule has 34 heavy (non-hydrogen) atoms. The Morgan fingerprint density at radius 1 is 1.00 bits per heavy atom. The van der Waals surface area contributed by atoms with Crippen LogP contribution < -0.4 is 22.1 Å². The molecule has 1 rings (SSSR count). The van der Waals surface area contributed by atoms with Crippen molar-refractivity contribution in [3.63, 3.8) is 0 Å². The molecule has 0 aromatic carbocycles. The molecule has 1 aliphatic heterocycles. The minimum Gasteiger partial charge on any atom is -0.481 e. The average molecular weight is 486 g/mol. The molecule has 4 amide bonds. The molecule has 4 atom stereocenters. The first-order valence-electron chi connectivity index (χ1n) is 11.2. The zero-order chi connectivity index (χ0) is 26.0. The fourth-order valence-electron chi connectivity index (χ4n) is 3.71. The summed E-state index contributed by atoms with van der Waals surface area (Å²) in [6.07, 6.45) is 0.192. The van der Waals surface area contributed by atoms with Crippen molar-refractivity contribution in [1.29, 1.82) is 0 Å². The van der Waals surface area contributed by atoms with Crippen LogP contribution in [0, 0.1) is 5.92 Å². The van der Waals surface area contributed by atoms with Gasteiger partial charge < -0.3 is 37.2 Å². The van der Waals surface area contributed by atoms with Crippen LogP contribution >= 0.6 is 0 Å². The van der Waals surface area contributed by atoms with Gasteiger partial charge in [0.2, 0.25) is 23.6 Å². The third-order valence-corrected chi connectivity index (χ3v) is 5.46. The lowest BCUT2D eigenvalue weighted by Gasteiger charge is -2.28. The van der Waals surface area contributed by atoms with Crippen molar-refractivity contribution in [1.82, 2.24) is 15.5 Å². The topological polar surface area (TPSA) is 222 Å². The van der Waals surface area contributed by atoms with Crippen LogP contribution in [0.1, 0.15) is 58.8 Å². The summed E-state index contributed by atoms with van der Waals surface area (Å²) in [4.78, 5) is 73.1. The Hall–Kier alpha value is -3.22. The Bertz CT molecular complexity index is 787. The Morgan fingerprint density at radius 2 is 1.65 bits per heavy atom. The number of nitrogens with one attached hydrogen (secondary N) is 2. The molecule has 13 heteroatoms. The Labute approximate surface area is 197 Å². The van der Waals surface area contributed by atoms with Gasteiger partial charge in [0.15, 0.2) is 0 Å². The predicted molar refractivity (Wildman–Crippen MR) is 119 cm³/mol. The molecule has 4 unspecified atom stereocenters. The fourth-order valence-corrected chi connectivity index (χ4v) is 3.71. The van der Waals surface area contributed by atoms with Crippen molar-refractivity contribution in [2.45, 2.75) is 83.0 Å². The maximum atomic E-state index is 12.9. The molecular weight excluding hydrogens is 450 g/mol. The molecule has 0 saturated carbocycles. The van der Waals surface area contributed by atoms with Gasteiger partial charge in [0.05, 0.1) is 6.04 Å². The summed E-state index contributed by atoms with van der Waals surface area (Å²) in [7, 11) is 0. The second kappa shape index (κ2) is 13.5. The monoisotopic (exact) mass is 485 g/mol. The van der Waals surface area contributed by atoms with E-state index in [-0.39, 0.29) is 38.1 Å². The molecule has 0 aromatic heterocycles. The first kappa shape index (κ1) is 28.8. The van der Waals surface area contributed by atoms with Crippen molar-refractivity contribution in [2.75, 3.05) is 6.54 Å². The number of primary amides is 1. The molecule has 1 aliphatic rings. The van der Waals surface area contributed by atoms with Crippen LogP contribution in [0.25, 0.3) is 0 Å². The number of carbonyl (C=O) groups excluding carboxylic acids is 4. The van der Waals surface area contributed by atoms with E-state index in [4.69, 9.17) is 16.6 Å². The van der Waals surface area contributed by atoms with Crippen molar-refractivity contribution >= 4 is 35.6 Å². The number of rotatable bonds is 14. The van der Waals surface area contributed by atoms with Gasteiger partial charge in [-0.25, -0.2) is 4.79 Å². The molecule has 0 bridgehead atoms. The summed E-state index contributed by atoms with van der Waals surface area (Å²) in [6, 6.07) is -4.47. The summed E-state index contributed by atoms with van der Waals surface area (Å²) >= 11 is 0. The average Bonchev–Trinajstić information content (AvgIpc) is 3.23. The molecule has 1 saturated heterocycles. The zero-order valence-corrected chi connectivity index (χ0v) is 19.5. The number of nitrogens with zero attached hydrogens (tertiary/aromatic N) is 1. The first-order valence-corrected chi connectivity index (χ1v) is 11.2. The van der Waals surface area contributed by atoms with Crippen LogP contribution in [0.2, 0.25) is 0 Å². The number of aliphatic carboxylic acids is 2. The maximum Gasteiger partial charge on any atom is 0.326 e. The van der Waals surface area contributed by atoms with Crippen LogP contribution in [-0.2, 0) is 28.8 Å². The second-order valence-corrected chi connectivity index (χ2v) is 8.82. The third-order valence-electron chi connectivity index (χ3n) is 5.46. The van der Waals surface area contributed by atoms with Crippen LogP contribution in [0.15, 0.2) is 0 Å². The van der Waals surface area contributed by atoms with E-state index >= 15 is 0 Å². The van der Waals surface area contributed by atoms with Gasteiger partial charge in [0, 0.05) is 19.4 Å². The zero-order valence-electron chi connectivity index (χ0n) is 19.5. The quantitative estimate of drug-likeness (QED) is 0.169. The van der Waals surface area contributed by atoms with Crippen molar-refractivity contribution in [3.8, 4) is 0 Å². The number of nitrogens with two attached hydrogens (primary N) is 2. The standard InChI is InChI=1S/C21H35N5O8/c1-11(2)10-14(21(33)34)25-18(30)13(6-8-17(28)29)24-19(31)15-4-3-9-26(15)20(32)12(22)5-7-16(23)27/h11-15H,3-10,22H2,1-2H3,(H2,23,27)(H,24,31)(H,25,30)(H,28,29)(H,33,34). The number of likely N-dealkylation sites (tertiary alicyclic amines) is 1. The molecule has 0 spiro atoms. The molecule has 13 nitrogen and oxygen atoms in total. The van der Waals surface area contributed by atoms with E-state index in [2.05, 4.69) is 10.6 Å². The van der Waals surface area contributed by atoms with Crippen LogP contribution in [0.4, 0.5) is 0 Å². The van der Waals surface area contributed by atoms with Gasteiger partial charge >= 0.3 is 11.9 Å². The van der Waals surface area contributed by atoms with Gasteiger partial charge in [-0.15, -0.1) is 0 Å². The fraction of sp³-hybridized carbons (Fsp3) is 0.714. The lowest BCUT2D eigenvalue weighted by atomic mass is 10.0. The van der Waals surface area contributed by atoms with Crippen LogP contribution in [0.3, 0.4) is 0 Å². The first-order chi connectivity index (χ1) is 15.8. The number of carboxylic acid groups (broad SMARTS) is 2. The SMILES string of the molecule is CC(C)CC(NC(=O)C(CCC(=O)O)NC(=O)C1CCCN1C(=O)C(N)CCC(N)=O)C(=O)O. The van der Waals surface area contributed by atoms with Crippen LogP contribution in [-0.4, -0.2) is 81.4 Å². The summed E-state index contributed by atoms with van der Waals surface area (Å²) in [6.45, 7) is 3.82. The Balaban J connectivity index is 2.93. The highest BCUT2D eigenvalue weighted by Crippen LogP contribution is 2.20. The van der Waals surface area contributed by atoms with E-state index in [1.54, 1.807) is 13.8 Å². The minimum absolute atomic E-state index is 0.0229. The molecular formula is C21H35N5O8. The molecule has 1 fully saturated rings. The van der Waals surface area contributed by atoms with Crippen molar-refractivity contribution < 1.29 is 39.0 Å². The van der Waals surface area contributed by atoms with E-state index in [0.29, 0.717) is 12.8 Å². The number of hydrogen-bond donors (Lipinski definition) is 6. The summed E-state index contributed by atoms with van der Waals surface area (Å²) < 4.78 is 0. The lowest BCUT2D eigenvalue weighted by molar-refractivity contribution is -0.144. The van der Waals surface area contributed by atoms with Gasteiger partial charge in [0.1, 0.15) is 18.1 Å². The summed E-state index contributed by atoms with van der Waals surface area (Å²) in [5.74, 6) is -5.11. The Kier molecular flexibility index (Phi) is 11.4. The second-order valence-electron chi connectivity index (χ2n) is 8.82. The van der Waals surface area contributed by atoms with Gasteiger partial charge in [-0.05, 0) is 38.0 Å². The number of amides is 4. The lowest BCUT2D eigenvalue weighted by Crippen LogP contribution is -2.56. The molecule has 8 N–H and O–H groups in total. The van der Waals surface area contributed by atoms with E-state index in [0.717, 1.165) is 0 Å². The van der Waals surface area contributed by atoms with Gasteiger partial charge in [0.25, 0.3) is 0 Å². The number of carbonyl (C=O) groups is 6. The molecule has 1 heterocycles. The highest BCUT2D eigenvalue weighted by atomic mass is 16.4. The van der Waals surface area contributed by atoms with Gasteiger partial charge in [-0.2, -0.15) is 0 Å². The number of hydrogen-bond acceptors (Lipinski definition) is 7. The summed E-state index contributed by atoms with van der Waals surface area (Å²) in [5.41, 5.74) is 10.9. The van der Waals surface area contributed by atoms with E-state index in [1.807, 2.05) is 0 Å². The van der Waals surface area contributed by atoms with E-state index < -0.39 is 66.2 Å². The maximum absolute atomic E-state index is 12.9. The Morgan fingerprint density at radius 3 is 2.18 bits per heavy atom. The molecule has 0 aliphatic carbocycles. The minimum atomic E-state index is -1.31. The predicted octanol–water partition coefficient (Wildman–Crippen LogP) is -1.46. The van der Waals surface area contributed by atoms with E-state index in [9.17, 15) is 33.9 Å². The largest absolute Gasteiger partial charge is 0.481 e. The summed E-state index contributed by atoms with van der Waals surface area (Å²) in [5, 5.41) is 23.2. The number of carboxylic acids is 2. The smallest absolute Gasteiger partial charge is 0.326 e. The highest BCUT2D eigenvalue weighted by Gasteiger charge is 2.38. The highest BCUT2D eigenvalue weighted by molar-refractivity contribution is 5.94.